The topological polar surface area (TPSA) is 40.5 Å². The number of benzene rings is 1. The van der Waals surface area contributed by atoms with E-state index in [2.05, 4.69) is 49.3 Å². The molecule has 0 radical (unpaired) electrons. The minimum absolute atomic E-state index is 0.0641. The SMILES string of the molecule is CC(CC(=O)O)c1ccc(-c2ccc(CN(C)C)cc2)s1. The van der Waals surface area contributed by atoms with E-state index < -0.39 is 5.97 Å². The van der Waals surface area contributed by atoms with E-state index in [1.165, 1.54) is 16.0 Å². The molecule has 2 rings (SSSR count). The number of hydrogen-bond acceptors (Lipinski definition) is 3. The first kappa shape index (κ1) is 15.7. The van der Waals surface area contributed by atoms with Crippen LogP contribution in [0.15, 0.2) is 36.4 Å². The first-order valence-corrected chi connectivity index (χ1v) is 7.83. The summed E-state index contributed by atoms with van der Waals surface area (Å²) in [5.74, 6) is -0.681. The molecule has 2 aromatic rings. The highest BCUT2D eigenvalue weighted by atomic mass is 32.1. The van der Waals surface area contributed by atoms with Crippen LogP contribution in [-0.2, 0) is 11.3 Å². The molecule has 21 heavy (non-hydrogen) atoms. The average molecular weight is 303 g/mol. The average Bonchev–Trinajstić information content (AvgIpc) is 2.87. The maximum Gasteiger partial charge on any atom is 0.303 e. The number of aliphatic carboxylic acids is 1. The molecular weight excluding hydrogens is 282 g/mol. The molecule has 0 saturated carbocycles. The van der Waals surface area contributed by atoms with Crippen molar-refractivity contribution < 1.29 is 9.90 Å². The Labute approximate surface area is 129 Å². The first-order valence-electron chi connectivity index (χ1n) is 7.01. The molecule has 0 aliphatic heterocycles. The third-order valence-corrected chi connectivity index (χ3v) is 4.70. The minimum atomic E-state index is -0.745. The molecule has 0 fully saturated rings. The molecule has 1 heterocycles. The number of carbonyl (C=O) groups is 1. The molecule has 1 aromatic heterocycles. The molecule has 1 aromatic carbocycles. The van der Waals surface area contributed by atoms with Crippen LogP contribution in [0, 0.1) is 0 Å². The summed E-state index contributed by atoms with van der Waals surface area (Å²) < 4.78 is 0. The second-order valence-electron chi connectivity index (χ2n) is 5.64. The second-order valence-corrected chi connectivity index (χ2v) is 6.75. The number of rotatable bonds is 6. The summed E-state index contributed by atoms with van der Waals surface area (Å²) in [4.78, 5) is 15.3. The van der Waals surface area contributed by atoms with Gasteiger partial charge >= 0.3 is 5.97 Å². The van der Waals surface area contributed by atoms with Crippen molar-refractivity contribution in [2.45, 2.75) is 25.8 Å². The maximum atomic E-state index is 10.8. The molecule has 3 nitrogen and oxygen atoms in total. The van der Waals surface area contributed by atoms with Crippen molar-refractivity contribution in [3.05, 3.63) is 46.8 Å². The summed E-state index contributed by atoms with van der Waals surface area (Å²) in [6.45, 7) is 2.90. The van der Waals surface area contributed by atoms with Gasteiger partial charge in [-0.1, -0.05) is 31.2 Å². The van der Waals surface area contributed by atoms with Gasteiger partial charge in [0.15, 0.2) is 0 Å². The Bertz CT molecular complexity index is 602. The molecule has 0 saturated heterocycles. The van der Waals surface area contributed by atoms with Crippen molar-refractivity contribution in [2.24, 2.45) is 0 Å². The fraction of sp³-hybridized carbons (Fsp3) is 0.353. The Kier molecular flexibility index (Phi) is 5.15. The lowest BCUT2D eigenvalue weighted by molar-refractivity contribution is -0.137. The van der Waals surface area contributed by atoms with Crippen molar-refractivity contribution in [3.8, 4) is 10.4 Å². The summed E-state index contributed by atoms with van der Waals surface area (Å²) in [7, 11) is 4.12. The Morgan fingerprint density at radius 2 is 1.86 bits per heavy atom. The normalized spacial score (nSPS) is 12.6. The molecule has 1 unspecified atom stereocenters. The number of carboxylic acid groups (broad SMARTS) is 1. The number of nitrogens with zero attached hydrogens (tertiary/aromatic N) is 1. The zero-order valence-electron chi connectivity index (χ0n) is 12.7. The van der Waals surface area contributed by atoms with Gasteiger partial charge in [0.2, 0.25) is 0 Å². The van der Waals surface area contributed by atoms with Gasteiger partial charge in [-0.2, -0.15) is 0 Å². The van der Waals surface area contributed by atoms with Crippen LogP contribution in [0.2, 0.25) is 0 Å². The van der Waals surface area contributed by atoms with Gasteiger partial charge in [-0.25, -0.2) is 0 Å². The molecule has 112 valence electrons. The molecule has 1 N–H and O–H groups in total. The fourth-order valence-electron chi connectivity index (χ4n) is 2.27. The Hall–Kier alpha value is -1.65. The number of carboxylic acids is 1. The summed E-state index contributed by atoms with van der Waals surface area (Å²) in [6, 6.07) is 12.7. The van der Waals surface area contributed by atoms with E-state index in [4.69, 9.17) is 5.11 Å². The fourth-order valence-corrected chi connectivity index (χ4v) is 3.34. The highest BCUT2D eigenvalue weighted by molar-refractivity contribution is 7.15. The zero-order valence-corrected chi connectivity index (χ0v) is 13.5. The number of thiophene rings is 1. The van der Waals surface area contributed by atoms with Crippen molar-refractivity contribution in [3.63, 3.8) is 0 Å². The lowest BCUT2D eigenvalue weighted by Crippen LogP contribution is -2.10. The molecule has 4 heteroatoms. The third kappa shape index (κ3) is 4.41. The van der Waals surface area contributed by atoms with Gasteiger partial charge in [-0.15, -0.1) is 11.3 Å². The van der Waals surface area contributed by atoms with Gasteiger partial charge in [0.25, 0.3) is 0 Å². The van der Waals surface area contributed by atoms with E-state index in [0.29, 0.717) is 0 Å². The van der Waals surface area contributed by atoms with Gasteiger partial charge in [-0.3, -0.25) is 4.79 Å². The van der Waals surface area contributed by atoms with E-state index in [9.17, 15) is 4.79 Å². The Morgan fingerprint density at radius 3 is 2.43 bits per heavy atom. The molecule has 0 aliphatic rings. The summed E-state index contributed by atoms with van der Waals surface area (Å²) in [5.41, 5.74) is 2.48. The summed E-state index contributed by atoms with van der Waals surface area (Å²) in [6.07, 6.45) is 0.182. The lowest BCUT2D eigenvalue weighted by atomic mass is 10.1. The Morgan fingerprint density at radius 1 is 1.19 bits per heavy atom. The van der Waals surface area contributed by atoms with Gasteiger partial charge in [0.05, 0.1) is 6.42 Å². The largest absolute Gasteiger partial charge is 0.481 e. The van der Waals surface area contributed by atoms with Gasteiger partial charge in [0, 0.05) is 22.2 Å². The Balaban J connectivity index is 2.12. The van der Waals surface area contributed by atoms with Crippen molar-refractivity contribution >= 4 is 17.3 Å². The third-order valence-electron chi connectivity index (χ3n) is 3.33. The van der Waals surface area contributed by atoms with Crippen molar-refractivity contribution in [1.29, 1.82) is 0 Å². The zero-order chi connectivity index (χ0) is 15.4. The van der Waals surface area contributed by atoms with E-state index in [0.717, 1.165) is 11.4 Å². The standard InChI is InChI=1S/C17H21NO2S/c1-12(10-17(19)20)15-8-9-16(21-15)14-6-4-13(5-7-14)11-18(2)3/h4-9,12H,10-11H2,1-3H3,(H,19,20). The van der Waals surface area contributed by atoms with Crippen LogP contribution in [0.4, 0.5) is 0 Å². The quantitative estimate of drug-likeness (QED) is 0.875. The van der Waals surface area contributed by atoms with E-state index in [1.54, 1.807) is 11.3 Å². The molecule has 0 amide bonds. The number of hydrogen-bond donors (Lipinski definition) is 1. The van der Waals surface area contributed by atoms with Crippen LogP contribution in [0.5, 0.6) is 0 Å². The van der Waals surface area contributed by atoms with Crippen molar-refractivity contribution in [2.75, 3.05) is 14.1 Å². The minimum Gasteiger partial charge on any atom is -0.481 e. The van der Waals surface area contributed by atoms with Gasteiger partial charge < -0.3 is 10.0 Å². The highest BCUT2D eigenvalue weighted by Gasteiger charge is 2.13. The first-order chi connectivity index (χ1) is 9.95. The monoisotopic (exact) mass is 303 g/mol. The lowest BCUT2D eigenvalue weighted by Gasteiger charge is -2.09. The highest BCUT2D eigenvalue weighted by Crippen LogP contribution is 2.33. The summed E-state index contributed by atoms with van der Waals surface area (Å²) >= 11 is 1.68. The van der Waals surface area contributed by atoms with Gasteiger partial charge in [-0.05, 0) is 37.4 Å². The van der Waals surface area contributed by atoms with Crippen LogP contribution in [0.3, 0.4) is 0 Å². The molecular formula is C17H21NO2S. The van der Waals surface area contributed by atoms with E-state index >= 15 is 0 Å². The van der Waals surface area contributed by atoms with Crippen LogP contribution in [0.25, 0.3) is 10.4 Å². The molecule has 1 atom stereocenters. The van der Waals surface area contributed by atoms with Crippen molar-refractivity contribution in [1.82, 2.24) is 4.90 Å². The molecule has 0 spiro atoms. The van der Waals surface area contributed by atoms with E-state index in [1.807, 2.05) is 13.0 Å². The van der Waals surface area contributed by atoms with Gasteiger partial charge in [0.1, 0.15) is 0 Å². The van der Waals surface area contributed by atoms with Crippen LogP contribution >= 0.6 is 11.3 Å². The predicted molar refractivity (Wildman–Crippen MR) is 87.8 cm³/mol. The second kappa shape index (κ2) is 6.87. The molecule has 0 bridgehead atoms. The van der Waals surface area contributed by atoms with Crippen LogP contribution in [-0.4, -0.2) is 30.1 Å². The summed E-state index contributed by atoms with van der Waals surface area (Å²) in [5, 5.41) is 8.87. The molecule has 0 aliphatic carbocycles. The predicted octanol–water partition coefficient (Wildman–Crippen LogP) is 4.05. The smallest absolute Gasteiger partial charge is 0.303 e. The van der Waals surface area contributed by atoms with Crippen LogP contribution < -0.4 is 0 Å². The van der Waals surface area contributed by atoms with Crippen LogP contribution in [0.1, 0.15) is 29.7 Å². The van der Waals surface area contributed by atoms with E-state index in [-0.39, 0.29) is 12.3 Å². The maximum absolute atomic E-state index is 10.8.